The standard InChI is InChI=1S/C22H27N3O3/c26-21(27)12-11-18(15-17-7-3-1-4-8-17)23-22(28)24-19-13-14-25(16-19)20-9-5-2-6-10-20/h1-10,18-19H,11-16H2,(H,26,27)(H2,23,24,28). The van der Waals surface area contributed by atoms with Gasteiger partial charge in [0.15, 0.2) is 0 Å². The van der Waals surface area contributed by atoms with Crippen LogP contribution in [0.15, 0.2) is 60.7 Å². The van der Waals surface area contributed by atoms with E-state index in [0.717, 1.165) is 30.8 Å². The Hall–Kier alpha value is -3.02. The Labute approximate surface area is 165 Å². The fraction of sp³-hybridized carbons (Fsp3) is 0.364. The molecule has 148 valence electrons. The lowest BCUT2D eigenvalue weighted by atomic mass is 10.0. The largest absolute Gasteiger partial charge is 0.481 e. The third kappa shape index (κ3) is 6.01. The van der Waals surface area contributed by atoms with Gasteiger partial charge in [-0.3, -0.25) is 4.79 Å². The van der Waals surface area contributed by atoms with Crippen LogP contribution in [0.5, 0.6) is 0 Å². The normalized spacial score (nSPS) is 17.1. The average Bonchev–Trinajstić information content (AvgIpc) is 3.16. The van der Waals surface area contributed by atoms with Gasteiger partial charge in [0.1, 0.15) is 0 Å². The summed E-state index contributed by atoms with van der Waals surface area (Å²) in [5, 5.41) is 15.0. The Kier molecular flexibility index (Phi) is 6.89. The van der Waals surface area contributed by atoms with Gasteiger partial charge >= 0.3 is 12.0 Å². The number of urea groups is 1. The van der Waals surface area contributed by atoms with E-state index >= 15 is 0 Å². The monoisotopic (exact) mass is 381 g/mol. The Balaban J connectivity index is 1.52. The first-order valence-corrected chi connectivity index (χ1v) is 9.73. The number of rotatable bonds is 8. The number of amides is 2. The summed E-state index contributed by atoms with van der Waals surface area (Å²) in [7, 11) is 0. The molecule has 2 aromatic carbocycles. The number of aliphatic carboxylic acids is 1. The first kappa shape index (κ1) is 19.7. The topological polar surface area (TPSA) is 81.7 Å². The number of hydrogen-bond acceptors (Lipinski definition) is 3. The maximum atomic E-state index is 12.5. The summed E-state index contributed by atoms with van der Waals surface area (Å²) in [6.07, 6.45) is 1.94. The molecule has 0 aliphatic carbocycles. The first-order valence-electron chi connectivity index (χ1n) is 9.73. The van der Waals surface area contributed by atoms with E-state index < -0.39 is 5.97 Å². The van der Waals surface area contributed by atoms with Crippen molar-refractivity contribution in [2.24, 2.45) is 0 Å². The number of anilines is 1. The van der Waals surface area contributed by atoms with Gasteiger partial charge in [-0.2, -0.15) is 0 Å². The Morgan fingerprint density at radius 2 is 1.75 bits per heavy atom. The van der Waals surface area contributed by atoms with Crippen LogP contribution in [0.2, 0.25) is 0 Å². The molecule has 1 saturated heterocycles. The summed E-state index contributed by atoms with van der Waals surface area (Å²) >= 11 is 0. The predicted octanol–water partition coefficient (Wildman–Crippen LogP) is 3.04. The van der Waals surface area contributed by atoms with Crippen LogP contribution in [0, 0.1) is 0 Å². The first-order chi connectivity index (χ1) is 13.6. The van der Waals surface area contributed by atoms with E-state index in [9.17, 15) is 9.59 Å². The van der Waals surface area contributed by atoms with Crippen LogP contribution in [0.4, 0.5) is 10.5 Å². The second kappa shape index (κ2) is 9.78. The minimum atomic E-state index is -0.852. The van der Waals surface area contributed by atoms with E-state index in [-0.39, 0.29) is 24.5 Å². The van der Waals surface area contributed by atoms with Gasteiger partial charge in [-0.05, 0) is 37.0 Å². The fourth-order valence-corrected chi connectivity index (χ4v) is 3.59. The van der Waals surface area contributed by atoms with Gasteiger partial charge in [0.2, 0.25) is 0 Å². The average molecular weight is 381 g/mol. The lowest BCUT2D eigenvalue weighted by Crippen LogP contribution is -2.47. The van der Waals surface area contributed by atoms with E-state index in [1.165, 1.54) is 0 Å². The van der Waals surface area contributed by atoms with Crippen molar-refractivity contribution < 1.29 is 14.7 Å². The van der Waals surface area contributed by atoms with Crippen LogP contribution in [0.1, 0.15) is 24.8 Å². The van der Waals surface area contributed by atoms with E-state index in [4.69, 9.17) is 5.11 Å². The second-order valence-corrected chi connectivity index (χ2v) is 7.20. The summed E-state index contributed by atoms with van der Waals surface area (Å²) in [5.74, 6) is -0.852. The number of carbonyl (C=O) groups is 2. The maximum absolute atomic E-state index is 12.5. The minimum Gasteiger partial charge on any atom is -0.481 e. The molecular weight excluding hydrogens is 354 g/mol. The van der Waals surface area contributed by atoms with Gasteiger partial charge in [0.25, 0.3) is 0 Å². The molecule has 2 aromatic rings. The molecule has 28 heavy (non-hydrogen) atoms. The van der Waals surface area contributed by atoms with Gasteiger partial charge in [-0.1, -0.05) is 48.5 Å². The molecule has 2 unspecified atom stereocenters. The number of hydrogen-bond donors (Lipinski definition) is 3. The van der Waals surface area contributed by atoms with Gasteiger partial charge in [0.05, 0.1) is 0 Å². The van der Waals surface area contributed by atoms with Crippen molar-refractivity contribution in [3.05, 3.63) is 66.2 Å². The van der Waals surface area contributed by atoms with E-state index in [1.807, 2.05) is 48.5 Å². The maximum Gasteiger partial charge on any atom is 0.315 e. The van der Waals surface area contributed by atoms with Gasteiger partial charge in [-0.15, -0.1) is 0 Å². The van der Waals surface area contributed by atoms with E-state index in [1.54, 1.807) is 0 Å². The Morgan fingerprint density at radius 3 is 2.43 bits per heavy atom. The molecule has 1 aliphatic rings. The highest BCUT2D eigenvalue weighted by Gasteiger charge is 2.25. The number of benzene rings is 2. The molecule has 2 amide bonds. The molecule has 2 atom stereocenters. The molecule has 1 fully saturated rings. The minimum absolute atomic E-state index is 0.0307. The highest BCUT2D eigenvalue weighted by Crippen LogP contribution is 2.19. The van der Waals surface area contributed by atoms with Gasteiger partial charge in [-0.25, -0.2) is 4.79 Å². The molecule has 3 N–H and O–H groups in total. The Morgan fingerprint density at radius 1 is 1.07 bits per heavy atom. The van der Waals surface area contributed by atoms with Crippen LogP contribution in [0.25, 0.3) is 0 Å². The van der Waals surface area contributed by atoms with Crippen molar-refractivity contribution in [3.8, 4) is 0 Å². The zero-order valence-corrected chi connectivity index (χ0v) is 15.9. The number of nitrogens with one attached hydrogen (secondary N) is 2. The van der Waals surface area contributed by atoms with Crippen molar-refractivity contribution in [2.45, 2.75) is 37.8 Å². The number of carboxylic acids is 1. The molecule has 0 saturated carbocycles. The second-order valence-electron chi connectivity index (χ2n) is 7.20. The molecule has 0 bridgehead atoms. The summed E-state index contributed by atoms with van der Waals surface area (Å²) in [5.41, 5.74) is 2.24. The quantitative estimate of drug-likeness (QED) is 0.656. The SMILES string of the molecule is O=C(O)CCC(Cc1ccccc1)NC(=O)NC1CCN(c2ccccc2)C1. The van der Waals surface area contributed by atoms with Crippen molar-refractivity contribution in [1.29, 1.82) is 0 Å². The fourth-order valence-electron chi connectivity index (χ4n) is 3.59. The molecule has 1 heterocycles. The zero-order valence-electron chi connectivity index (χ0n) is 15.9. The highest BCUT2D eigenvalue weighted by molar-refractivity contribution is 5.75. The summed E-state index contributed by atoms with van der Waals surface area (Å²) in [6.45, 7) is 1.68. The smallest absolute Gasteiger partial charge is 0.315 e. The van der Waals surface area contributed by atoms with Crippen LogP contribution in [0.3, 0.4) is 0 Å². The summed E-state index contributed by atoms with van der Waals surface area (Å²) in [4.78, 5) is 25.7. The number of nitrogens with zero attached hydrogens (tertiary/aromatic N) is 1. The van der Waals surface area contributed by atoms with Crippen LogP contribution >= 0.6 is 0 Å². The van der Waals surface area contributed by atoms with Crippen molar-refractivity contribution in [1.82, 2.24) is 10.6 Å². The van der Waals surface area contributed by atoms with Crippen molar-refractivity contribution in [3.63, 3.8) is 0 Å². The third-order valence-electron chi connectivity index (χ3n) is 5.01. The number of carboxylic acid groups (broad SMARTS) is 1. The molecule has 6 heteroatoms. The Bertz CT molecular complexity index is 767. The van der Waals surface area contributed by atoms with Crippen molar-refractivity contribution in [2.75, 3.05) is 18.0 Å². The number of para-hydroxylation sites is 1. The molecule has 0 aromatic heterocycles. The molecule has 0 radical (unpaired) electrons. The molecular formula is C22H27N3O3. The summed E-state index contributed by atoms with van der Waals surface area (Å²) < 4.78 is 0. The van der Waals surface area contributed by atoms with Gasteiger partial charge in [0, 0.05) is 37.3 Å². The van der Waals surface area contributed by atoms with Crippen molar-refractivity contribution >= 4 is 17.7 Å². The third-order valence-corrected chi connectivity index (χ3v) is 5.01. The zero-order chi connectivity index (χ0) is 19.8. The van der Waals surface area contributed by atoms with Crippen LogP contribution in [-0.4, -0.2) is 42.3 Å². The van der Waals surface area contributed by atoms with Gasteiger partial charge < -0.3 is 20.6 Å². The van der Waals surface area contributed by atoms with Crippen LogP contribution < -0.4 is 15.5 Å². The number of carbonyl (C=O) groups excluding carboxylic acids is 1. The van der Waals surface area contributed by atoms with E-state index in [2.05, 4.69) is 27.7 Å². The van der Waals surface area contributed by atoms with E-state index in [0.29, 0.717) is 12.8 Å². The molecule has 0 spiro atoms. The molecule has 1 aliphatic heterocycles. The lowest BCUT2D eigenvalue weighted by Gasteiger charge is -2.22. The highest BCUT2D eigenvalue weighted by atomic mass is 16.4. The molecule has 3 rings (SSSR count). The summed E-state index contributed by atoms with van der Waals surface area (Å²) in [6, 6.07) is 19.6. The van der Waals surface area contributed by atoms with Crippen LogP contribution in [-0.2, 0) is 11.2 Å². The predicted molar refractivity (Wildman–Crippen MR) is 110 cm³/mol. The molecule has 6 nitrogen and oxygen atoms in total. The lowest BCUT2D eigenvalue weighted by molar-refractivity contribution is -0.137.